The highest BCUT2D eigenvalue weighted by atomic mass is 35.5. The molecular weight excluding hydrogens is 384 g/mol. The van der Waals surface area contributed by atoms with Gasteiger partial charge in [0.15, 0.2) is 0 Å². The second kappa shape index (κ2) is 6.71. The van der Waals surface area contributed by atoms with E-state index in [-0.39, 0.29) is 4.75 Å². The van der Waals surface area contributed by atoms with Crippen LogP contribution < -0.4 is 0 Å². The Balaban J connectivity index is 1.46. The Bertz CT molecular complexity index is 911. The third-order valence-electron chi connectivity index (χ3n) is 8.41. The fourth-order valence-electron chi connectivity index (χ4n) is 6.73. The Labute approximate surface area is 177 Å². The molecule has 0 bridgehead atoms. The quantitative estimate of drug-likeness (QED) is 0.552. The van der Waals surface area contributed by atoms with Gasteiger partial charge in [-0.1, -0.05) is 36.7 Å². The minimum absolute atomic E-state index is 0.239. The van der Waals surface area contributed by atoms with Gasteiger partial charge in [0.05, 0.1) is 5.02 Å². The molecule has 3 heteroatoms. The SMILES string of the molecule is CC1(Sc2ccccc2Cl)CC[C@H]2[C@@H]3CCc4cc(O)ccc4[C@H]3CC[C@@]21C. The van der Waals surface area contributed by atoms with Crippen LogP contribution in [0.4, 0.5) is 0 Å². The van der Waals surface area contributed by atoms with Gasteiger partial charge in [-0.3, -0.25) is 0 Å². The Morgan fingerprint density at radius 2 is 1.86 bits per heavy atom. The summed E-state index contributed by atoms with van der Waals surface area (Å²) in [5, 5.41) is 10.8. The third-order valence-corrected chi connectivity index (χ3v) is 10.6. The van der Waals surface area contributed by atoms with Gasteiger partial charge in [-0.05, 0) is 104 Å². The van der Waals surface area contributed by atoms with Crippen LogP contribution in [0.15, 0.2) is 47.4 Å². The number of aromatic hydroxyl groups is 1. The van der Waals surface area contributed by atoms with E-state index in [1.165, 1.54) is 48.1 Å². The first kappa shape index (κ1) is 18.9. The topological polar surface area (TPSA) is 20.2 Å². The number of fused-ring (bicyclic) bond motifs is 5. The fraction of sp³-hybridized carbons (Fsp3) is 0.520. The lowest BCUT2D eigenvalue weighted by molar-refractivity contribution is 0.0442. The minimum Gasteiger partial charge on any atom is -0.508 e. The number of phenolic OH excluding ortho intramolecular Hbond substituents is 1. The van der Waals surface area contributed by atoms with E-state index < -0.39 is 0 Å². The van der Waals surface area contributed by atoms with E-state index in [9.17, 15) is 5.11 Å². The van der Waals surface area contributed by atoms with Crippen molar-refractivity contribution in [2.45, 2.75) is 67.9 Å². The predicted octanol–water partition coefficient (Wildman–Crippen LogP) is 7.45. The van der Waals surface area contributed by atoms with Gasteiger partial charge >= 0.3 is 0 Å². The second-order valence-electron chi connectivity index (χ2n) is 9.56. The number of aryl methyl sites for hydroxylation is 1. The standard InChI is InChI=1S/C25H29ClOS/c1-24-13-11-19-18-10-8-17(27)15-16(18)7-9-20(19)21(24)12-14-25(24,2)28-23-6-4-3-5-22(23)26/h3-6,8,10,15,19-21,27H,7,9,11-14H2,1-2H3/t19-,20-,21+,24+,25?/m1/s1. The van der Waals surface area contributed by atoms with Crippen LogP contribution in [0.1, 0.15) is 63.0 Å². The maximum absolute atomic E-state index is 9.89. The molecule has 0 aliphatic heterocycles. The van der Waals surface area contributed by atoms with Crippen molar-refractivity contribution in [3.63, 3.8) is 0 Å². The third kappa shape index (κ3) is 2.75. The van der Waals surface area contributed by atoms with Gasteiger partial charge in [0, 0.05) is 9.64 Å². The number of rotatable bonds is 2. The molecule has 5 rings (SSSR count). The zero-order valence-corrected chi connectivity index (χ0v) is 18.3. The minimum atomic E-state index is 0.239. The highest BCUT2D eigenvalue weighted by molar-refractivity contribution is 8.00. The van der Waals surface area contributed by atoms with Crippen LogP contribution in [0.2, 0.25) is 5.02 Å². The van der Waals surface area contributed by atoms with Crippen LogP contribution in [-0.4, -0.2) is 9.85 Å². The van der Waals surface area contributed by atoms with Crippen LogP contribution >= 0.6 is 23.4 Å². The zero-order valence-electron chi connectivity index (χ0n) is 16.7. The maximum atomic E-state index is 9.89. The van der Waals surface area contributed by atoms with Crippen molar-refractivity contribution >= 4 is 23.4 Å². The number of phenols is 1. The molecule has 0 aromatic heterocycles. The van der Waals surface area contributed by atoms with E-state index in [2.05, 4.69) is 32.0 Å². The number of hydrogen-bond donors (Lipinski definition) is 1. The van der Waals surface area contributed by atoms with E-state index in [1.54, 1.807) is 0 Å². The van der Waals surface area contributed by atoms with Gasteiger partial charge in [0.25, 0.3) is 0 Å². The van der Waals surface area contributed by atoms with E-state index in [0.717, 1.165) is 23.3 Å². The molecule has 3 aliphatic carbocycles. The Hall–Kier alpha value is -1.12. The lowest BCUT2D eigenvalue weighted by atomic mass is 9.54. The lowest BCUT2D eigenvalue weighted by Gasteiger charge is -2.54. The fourth-order valence-corrected chi connectivity index (χ4v) is 8.49. The molecule has 28 heavy (non-hydrogen) atoms. The zero-order chi connectivity index (χ0) is 19.5. The van der Waals surface area contributed by atoms with E-state index >= 15 is 0 Å². The van der Waals surface area contributed by atoms with Gasteiger partial charge in [-0.15, -0.1) is 11.8 Å². The molecule has 0 saturated heterocycles. The summed E-state index contributed by atoms with van der Waals surface area (Å²) in [7, 11) is 0. The normalized spacial score (nSPS) is 36.5. The number of thioether (sulfide) groups is 1. The average molecular weight is 413 g/mol. The lowest BCUT2D eigenvalue weighted by Crippen LogP contribution is -2.47. The Morgan fingerprint density at radius 1 is 1.04 bits per heavy atom. The van der Waals surface area contributed by atoms with Gasteiger partial charge in [-0.2, -0.15) is 0 Å². The summed E-state index contributed by atoms with van der Waals surface area (Å²) >= 11 is 8.55. The summed E-state index contributed by atoms with van der Waals surface area (Å²) in [6, 6.07) is 14.4. The van der Waals surface area contributed by atoms with Gasteiger partial charge in [0.2, 0.25) is 0 Å². The summed E-state index contributed by atoms with van der Waals surface area (Å²) in [5.74, 6) is 2.66. The molecule has 0 spiro atoms. The highest BCUT2D eigenvalue weighted by Crippen LogP contribution is 2.68. The predicted molar refractivity (Wildman–Crippen MR) is 118 cm³/mol. The van der Waals surface area contributed by atoms with Gasteiger partial charge < -0.3 is 5.11 Å². The summed E-state index contributed by atoms with van der Waals surface area (Å²) in [5.41, 5.74) is 3.26. The van der Waals surface area contributed by atoms with Crippen LogP contribution in [0.3, 0.4) is 0 Å². The molecule has 1 nitrogen and oxygen atoms in total. The molecule has 0 radical (unpaired) electrons. The smallest absolute Gasteiger partial charge is 0.115 e. The first-order valence-corrected chi connectivity index (χ1v) is 11.9. The van der Waals surface area contributed by atoms with Crippen LogP contribution in [0.25, 0.3) is 0 Å². The molecule has 2 aromatic carbocycles. The van der Waals surface area contributed by atoms with Crippen molar-refractivity contribution in [2.24, 2.45) is 17.3 Å². The van der Waals surface area contributed by atoms with Crippen LogP contribution in [0, 0.1) is 17.3 Å². The molecule has 148 valence electrons. The first-order valence-electron chi connectivity index (χ1n) is 10.7. The molecule has 1 N–H and O–H groups in total. The Kier molecular flexibility index (Phi) is 4.52. The molecule has 0 heterocycles. The monoisotopic (exact) mass is 412 g/mol. The van der Waals surface area contributed by atoms with Crippen molar-refractivity contribution in [1.29, 1.82) is 0 Å². The van der Waals surface area contributed by atoms with Crippen molar-refractivity contribution in [2.75, 3.05) is 0 Å². The number of hydrogen-bond acceptors (Lipinski definition) is 2. The van der Waals surface area contributed by atoms with Crippen molar-refractivity contribution in [1.82, 2.24) is 0 Å². The molecule has 2 aromatic rings. The van der Waals surface area contributed by atoms with E-state index in [4.69, 9.17) is 11.6 Å². The van der Waals surface area contributed by atoms with Gasteiger partial charge in [0.1, 0.15) is 5.75 Å². The maximum Gasteiger partial charge on any atom is 0.115 e. The number of benzene rings is 2. The van der Waals surface area contributed by atoms with Crippen molar-refractivity contribution < 1.29 is 5.11 Å². The first-order chi connectivity index (χ1) is 13.4. The van der Waals surface area contributed by atoms with Gasteiger partial charge in [-0.25, -0.2) is 0 Å². The molecule has 1 unspecified atom stereocenters. The summed E-state index contributed by atoms with van der Waals surface area (Å²) < 4.78 is 0.239. The Morgan fingerprint density at radius 3 is 2.68 bits per heavy atom. The molecule has 0 amide bonds. The number of halogens is 1. The molecule has 2 fully saturated rings. The van der Waals surface area contributed by atoms with Crippen molar-refractivity contribution in [3.8, 4) is 5.75 Å². The van der Waals surface area contributed by atoms with E-state index in [1.807, 2.05) is 36.0 Å². The summed E-state index contributed by atoms with van der Waals surface area (Å²) in [6.07, 6.45) is 7.55. The molecule has 2 saturated carbocycles. The molecular formula is C25H29ClOS. The average Bonchev–Trinajstić information content (AvgIpc) is 2.94. The van der Waals surface area contributed by atoms with Crippen molar-refractivity contribution in [3.05, 3.63) is 58.6 Å². The largest absolute Gasteiger partial charge is 0.508 e. The highest BCUT2D eigenvalue weighted by Gasteiger charge is 2.60. The van der Waals surface area contributed by atoms with Crippen LogP contribution in [0.5, 0.6) is 5.75 Å². The second-order valence-corrected chi connectivity index (χ2v) is 11.5. The summed E-state index contributed by atoms with van der Waals surface area (Å²) in [6.45, 7) is 5.06. The van der Waals surface area contributed by atoms with E-state index in [0.29, 0.717) is 17.1 Å². The molecule has 5 atom stereocenters. The van der Waals surface area contributed by atoms with Crippen LogP contribution in [-0.2, 0) is 6.42 Å². The summed E-state index contributed by atoms with van der Waals surface area (Å²) in [4.78, 5) is 1.24. The molecule has 3 aliphatic rings.